The molecular weight excluding hydrogens is 482 g/mol. The molecule has 0 aliphatic carbocycles. The van der Waals surface area contributed by atoms with E-state index in [1.807, 2.05) is 66.9 Å². The molecule has 6 nitrogen and oxygen atoms in total. The van der Waals surface area contributed by atoms with E-state index in [2.05, 4.69) is 6.07 Å². The number of halogens is 1. The predicted molar refractivity (Wildman–Crippen MR) is 138 cm³/mol. The number of para-hydroxylation sites is 1. The van der Waals surface area contributed by atoms with Gasteiger partial charge in [-0.1, -0.05) is 48.0 Å². The summed E-state index contributed by atoms with van der Waals surface area (Å²) in [5.41, 5.74) is 5.89. The maximum atomic E-state index is 13.1. The number of hydrogen-bond donors (Lipinski definition) is 0. The first-order valence-corrected chi connectivity index (χ1v) is 12.6. The van der Waals surface area contributed by atoms with Gasteiger partial charge in [0.15, 0.2) is 0 Å². The Balaban J connectivity index is 1.34. The van der Waals surface area contributed by atoms with Crippen LogP contribution in [0.2, 0.25) is 5.02 Å². The summed E-state index contributed by atoms with van der Waals surface area (Å²) in [6, 6.07) is 17.6. The molecule has 5 rings (SSSR count). The van der Waals surface area contributed by atoms with Gasteiger partial charge in [0, 0.05) is 24.5 Å². The minimum absolute atomic E-state index is 0.222. The molecule has 0 spiro atoms. The van der Waals surface area contributed by atoms with E-state index in [-0.39, 0.29) is 12.5 Å². The molecule has 178 valence electrons. The molecule has 3 aromatic rings. The number of aryl methyl sites for hydroxylation is 1. The van der Waals surface area contributed by atoms with E-state index in [1.165, 1.54) is 5.56 Å². The van der Waals surface area contributed by atoms with Crippen molar-refractivity contribution in [2.24, 2.45) is 0 Å². The fourth-order valence-electron chi connectivity index (χ4n) is 4.66. The lowest BCUT2D eigenvalue weighted by Gasteiger charge is -2.29. The summed E-state index contributed by atoms with van der Waals surface area (Å²) in [6.45, 7) is 4.74. The molecule has 1 saturated heterocycles. The molecule has 1 aromatic heterocycles. The van der Waals surface area contributed by atoms with E-state index in [0.717, 1.165) is 51.3 Å². The summed E-state index contributed by atoms with van der Waals surface area (Å²) in [5.74, 6) is -0.659. The summed E-state index contributed by atoms with van der Waals surface area (Å²) >= 11 is 7.27. The summed E-state index contributed by atoms with van der Waals surface area (Å²) < 4.78 is 2.02. The number of amides is 3. The van der Waals surface area contributed by atoms with Gasteiger partial charge in [-0.05, 0) is 73.0 Å². The summed E-state index contributed by atoms with van der Waals surface area (Å²) in [6.07, 6.45) is 2.49. The van der Waals surface area contributed by atoms with Crippen molar-refractivity contribution in [1.82, 2.24) is 14.4 Å². The zero-order valence-corrected chi connectivity index (χ0v) is 21.0. The van der Waals surface area contributed by atoms with Gasteiger partial charge in [-0.25, -0.2) is 0 Å². The van der Waals surface area contributed by atoms with Crippen LogP contribution in [0.5, 0.6) is 0 Å². The van der Waals surface area contributed by atoms with E-state index < -0.39 is 11.1 Å². The maximum absolute atomic E-state index is 13.1. The average Bonchev–Trinajstić information content (AvgIpc) is 3.28. The van der Waals surface area contributed by atoms with Crippen molar-refractivity contribution >= 4 is 46.5 Å². The van der Waals surface area contributed by atoms with Crippen molar-refractivity contribution < 1.29 is 14.4 Å². The van der Waals surface area contributed by atoms with Crippen molar-refractivity contribution in [3.8, 4) is 5.69 Å². The standard InChI is InChI=1S/C27H24ClN3O3S/c1-17-13-21(18(2)31(17)23-10-6-5-9-22(23)28)14-24-26(33)30(27(34)35-24)16-25(32)29-12-11-19-7-3-4-8-20(19)15-29/h3-10,13-14H,11-12,15-16H2,1-2H3/b24-14-. The van der Waals surface area contributed by atoms with E-state index in [0.29, 0.717) is 23.0 Å². The molecular formula is C27H24ClN3O3S. The lowest BCUT2D eigenvalue weighted by atomic mass is 10.00. The van der Waals surface area contributed by atoms with Crippen LogP contribution >= 0.6 is 23.4 Å². The molecule has 0 bridgehead atoms. The quantitative estimate of drug-likeness (QED) is 0.447. The second-order valence-electron chi connectivity index (χ2n) is 8.72. The maximum Gasteiger partial charge on any atom is 0.294 e. The zero-order chi connectivity index (χ0) is 24.7. The van der Waals surface area contributed by atoms with Crippen LogP contribution in [-0.4, -0.2) is 44.5 Å². The number of carbonyl (C=O) groups is 3. The topological polar surface area (TPSA) is 62.6 Å². The Labute approximate surface area is 213 Å². The monoisotopic (exact) mass is 505 g/mol. The van der Waals surface area contributed by atoms with E-state index in [9.17, 15) is 14.4 Å². The Morgan fingerprint density at radius 3 is 2.54 bits per heavy atom. The van der Waals surface area contributed by atoms with Gasteiger partial charge in [-0.3, -0.25) is 19.3 Å². The zero-order valence-electron chi connectivity index (χ0n) is 19.5. The number of nitrogens with zero attached hydrogens (tertiary/aromatic N) is 3. The molecule has 0 N–H and O–H groups in total. The van der Waals surface area contributed by atoms with Gasteiger partial charge >= 0.3 is 0 Å². The Bertz CT molecular complexity index is 1390. The van der Waals surface area contributed by atoms with Gasteiger partial charge < -0.3 is 9.47 Å². The number of benzene rings is 2. The highest BCUT2D eigenvalue weighted by Gasteiger charge is 2.37. The number of rotatable bonds is 4. The van der Waals surface area contributed by atoms with Crippen molar-refractivity contribution in [1.29, 1.82) is 0 Å². The molecule has 0 atom stereocenters. The van der Waals surface area contributed by atoms with Crippen molar-refractivity contribution in [2.45, 2.75) is 26.8 Å². The number of thioether (sulfide) groups is 1. The second-order valence-corrected chi connectivity index (χ2v) is 10.1. The minimum Gasteiger partial charge on any atom is -0.336 e. The molecule has 2 aromatic carbocycles. The van der Waals surface area contributed by atoms with Crippen molar-refractivity contribution in [2.75, 3.05) is 13.1 Å². The fraction of sp³-hybridized carbons (Fsp3) is 0.222. The predicted octanol–water partition coefficient (Wildman–Crippen LogP) is 5.37. The molecule has 0 saturated carbocycles. The third kappa shape index (κ3) is 4.42. The Morgan fingerprint density at radius 2 is 1.77 bits per heavy atom. The van der Waals surface area contributed by atoms with E-state index in [4.69, 9.17) is 11.6 Å². The molecule has 35 heavy (non-hydrogen) atoms. The van der Waals surface area contributed by atoms with Crippen LogP contribution in [0.25, 0.3) is 11.8 Å². The highest BCUT2D eigenvalue weighted by molar-refractivity contribution is 8.18. The number of fused-ring (bicyclic) bond motifs is 1. The third-order valence-electron chi connectivity index (χ3n) is 6.50. The van der Waals surface area contributed by atoms with Gasteiger partial charge in [0.25, 0.3) is 11.1 Å². The molecule has 0 radical (unpaired) electrons. The van der Waals surface area contributed by atoms with Gasteiger partial charge in [-0.2, -0.15) is 0 Å². The van der Waals surface area contributed by atoms with Crippen LogP contribution in [0.1, 0.15) is 28.1 Å². The van der Waals surface area contributed by atoms with Gasteiger partial charge in [0.05, 0.1) is 15.6 Å². The van der Waals surface area contributed by atoms with Crippen LogP contribution in [0.4, 0.5) is 4.79 Å². The van der Waals surface area contributed by atoms with Crippen LogP contribution in [0.3, 0.4) is 0 Å². The van der Waals surface area contributed by atoms with E-state index in [1.54, 1.807) is 11.0 Å². The van der Waals surface area contributed by atoms with Crippen molar-refractivity contribution in [3.63, 3.8) is 0 Å². The third-order valence-corrected chi connectivity index (χ3v) is 7.73. The highest BCUT2D eigenvalue weighted by Crippen LogP contribution is 2.34. The lowest BCUT2D eigenvalue weighted by molar-refractivity contribution is -0.136. The second kappa shape index (κ2) is 9.40. The van der Waals surface area contributed by atoms with Crippen molar-refractivity contribution in [3.05, 3.63) is 92.6 Å². The average molecular weight is 506 g/mol. The molecule has 1 fully saturated rings. The van der Waals surface area contributed by atoms with Crippen LogP contribution in [-0.2, 0) is 22.6 Å². The van der Waals surface area contributed by atoms with Gasteiger partial charge in [-0.15, -0.1) is 0 Å². The highest BCUT2D eigenvalue weighted by atomic mass is 35.5. The SMILES string of the molecule is Cc1cc(/C=C2\SC(=O)N(CC(=O)N3CCc4ccccc4C3)C2=O)c(C)n1-c1ccccc1Cl. The van der Waals surface area contributed by atoms with Crippen LogP contribution in [0.15, 0.2) is 59.5 Å². The largest absolute Gasteiger partial charge is 0.336 e. The Hall–Kier alpha value is -3.29. The minimum atomic E-state index is -0.437. The van der Waals surface area contributed by atoms with Gasteiger partial charge in [0.2, 0.25) is 5.91 Å². The summed E-state index contributed by atoms with van der Waals surface area (Å²) in [5, 5.41) is 0.201. The Morgan fingerprint density at radius 1 is 1.06 bits per heavy atom. The fourth-order valence-corrected chi connectivity index (χ4v) is 5.71. The first-order valence-electron chi connectivity index (χ1n) is 11.4. The molecule has 0 unspecified atom stereocenters. The van der Waals surface area contributed by atoms with Crippen LogP contribution < -0.4 is 0 Å². The lowest BCUT2D eigenvalue weighted by Crippen LogP contribution is -2.44. The number of hydrogen-bond acceptors (Lipinski definition) is 4. The smallest absolute Gasteiger partial charge is 0.294 e. The number of imide groups is 1. The Kier molecular flexibility index (Phi) is 6.30. The molecule has 3 amide bonds. The summed E-state index contributed by atoms with van der Waals surface area (Å²) in [4.78, 5) is 41.8. The molecule has 8 heteroatoms. The first-order chi connectivity index (χ1) is 16.8. The summed E-state index contributed by atoms with van der Waals surface area (Å²) in [7, 11) is 0. The normalized spacial score (nSPS) is 16.8. The number of aromatic nitrogens is 1. The first kappa shape index (κ1) is 23.5. The van der Waals surface area contributed by atoms with Crippen LogP contribution in [0, 0.1) is 13.8 Å². The van der Waals surface area contributed by atoms with E-state index >= 15 is 0 Å². The molecule has 2 aliphatic rings. The molecule has 2 aliphatic heterocycles. The van der Waals surface area contributed by atoms with Gasteiger partial charge in [0.1, 0.15) is 6.54 Å². The number of carbonyl (C=O) groups excluding carboxylic acids is 3. The molecule has 3 heterocycles.